The van der Waals surface area contributed by atoms with Crippen LogP contribution in [0.2, 0.25) is 0 Å². The summed E-state index contributed by atoms with van der Waals surface area (Å²) < 4.78 is 10.9. The molecule has 0 atom stereocenters. The SMILES string of the molecule is CN=C(NCc1ccccc1CN(C)Cc1ccco1)NCC(C)(C)OC.I. The molecule has 1 aromatic heterocycles. The topological polar surface area (TPSA) is 62.0 Å². The van der Waals surface area contributed by atoms with Crippen LogP contribution in [0.3, 0.4) is 0 Å². The van der Waals surface area contributed by atoms with Crippen molar-refractivity contribution in [2.75, 3.05) is 27.7 Å². The number of hydrogen-bond donors (Lipinski definition) is 2. The molecule has 1 heterocycles. The summed E-state index contributed by atoms with van der Waals surface area (Å²) in [6.07, 6.45) is 1.71. The molecule has 0 amide bonds. The molecule has 0 aliphatic carbocycles. The zero-order chi connectivity index (χ0) is 19.7. The standard InChI is InChI=1S/C21H32N4O2.HI/c1-21(2,26-5)16-24-20(22-3)23-13-17-9-6-7-10-18(17)14-25(4)15-19-11-8-12-27-19;/h6-12H,13-16H2,1-5H3,(H2,22,23,24);1H. The van der Waals surface area contributed by atoms with E-state index in [2.05, 4.69) is 51.8 Å². The van der Waals surface area contributed by atoms with Crippen molar-refractivity contribution in [2.24, 2.45) is 4.99 Å². The Bertz CT molecular complexity index is 717. The summed E-state index contributed by atoms with van der Waals surface area (Å²) in [5.41, 5.74) is 2.29. The quantitative estimate of drug-likeness (QED) is 0.313. The molecule has 7 heteroatoms. The highest BCUT2D eigenvalue weighted by molar-refractivity contribution is 14.0. The molecule has 0 saturated carbocycles. The number of furan rings is 1. The molecule has 156 valence electrons. The molecule has 0 fully saturated rings. The number of nitrogens with one attached hydrogen (secondary N) is 2. The van der Waals surface area contributed by atoms with Crippen LogP contribution >= 0.6 is 24.0 Å². The number of halogens is 1. The second-order valence-corrected chi connectivity index (χ2v) is 7.26. The number of benzene rings is 1. The molecule has 0 unspecified atom stereocenters. The Morgan fingerprint density at radius 1 is 1.11 bits per heavy atom. The first kappa shape index (κ1) is 24.5. The number of guanidine groups is 1. The van der Waals surface area contributed by atoms with Crippen LogP contribution in [0, 0.1) is 0 Å². The minimum Gasteiger partial charge on any atom is -0.468 e. The second kappa shape index (κ2) is 12.1. The Kier molecular flexibility index (Phi) is 10.6. The van der Waals surface area contributed by atoms with Crippen LogP contribution in [0.1, 0.15) is 30.7 Å². The van der Waals surface area contributed by atoms with Gasteiger partial charge < -0.3 is 19.8 Å². The number of nitrogens with zero attached hydrogens (tertiary/aromatic N) is 2. The monoisotopic (exact) mass is 500 g/mol. The Morgan fingerprint density at radius 2 is 1.82 bits per heavy atom. The lowest BCUT2D eigenvalue weighted by Crippen LogP contribution is -2.45. The molecular formula is C21H33IN4O2. The fourth-order valence-corrected chi connectivity index (χ4v) is 2.67. The molecule has 2 rings (SSSR count). The highest BCUT2D eigenvalue weighted by atomic mass is 127. The van der Waals surface area contributed by atoms with E-state index in [-0.39, 0.29) is 29.6 Å². The third-order valence-corrected chi connectivity index (χ3v) is 4.47. The van der Waals surface area contributed by atoms with E-state index in [9.17, 15) is 0 Å². The van der Waals surface area contributed by atoms with Crippen molar-refractivity contribution in [2.45, 2.75) is 39.1 Å². The van der Waals surface area contributed by atoms with Gasteiger partial charge in [0, 0.05) is 33.8 Å². The third kappa shape index (κ3) is 8.20. The summed E-state index contributed by atoms with van der Waals surface area (Å²) in [6, 6.07) is 12.4. The van der Waals surface area contributed by atoms with Crippen molar-refractivity contribution in [3.8, 4) is 0 Å². The van der Waals surface area contributed by atoms with E-state index < -0.39 is 0 Å². The van der Waals surface area contributed by atoms with E-state index in [1.807, 2.05) is 26.0 Å². The van der Waals surface area contributed by atoms with Crippen molar-refractivity contribution in [1.29, 1.82) is 0 Å². The van der Waals surface area contributed by atoms with Gasteiger partial charge >= 0.3 is 0 Å². The van der Waals surface area contributed by atoms with Gasteiger partial charge in [-0.3, -0.25) is 9.89 Å². The summed E-state index contributed by atoms with van der Waals surface area (Å²) in [4.78, 5) is 6.54. The van der Waals surface area contributed by atoms with Crippen LogP contribution in [0.4, 0.5) is 0 Å². The van der Waals surface area contributed by atoms with Gasteiger partial charge in [0.05, 0.1) is 18.4 Å². The van der Waals surface area contributed by atoms with E-state index in [4.69, 9.17) is 9.15 Å². The highest BCUT2D eigenvalue weighted by Crippen LogP contribution is 2.13. The second-order valence-electron chi connectivity index (χ2n) is 7.26. The first-order valence-electron chi connectivity index (χ1n) is 9.21. The van der Waals surface area contributed by atoms with Gasteiger partial charge in [-0.15, -0.1) is 24.0 Å². The van der Waals surface area contributed by atoms with Crippen LogP contribution in [0.15, 0.2) is 52.1 Å². The number of methoxy groups -OCH3 is 1. The predicted octanol–water partition coefficient (Wildman–Crippen LogP) is 3.62. The number of aliphatic imine (C=N–C) groups is 1. The Morgan fingerprint density at radius 3 is 2.43 bits per heavy atom. The molecule has 28 heavy (non-hydrogen) atoms. The minimum atomic E-state index is -0.246. The van der Waals surface area contributed by atoms with Crippen molar-refractivity contribution < 1.29 is 9.15 Å². The number of rotatable bonds is 9. The van der Waals surface area contributed by atoms with Gasteiger partial charge in [0.2, 0.25) is 0 Å². The predicted molar refractivity (Wildman–Crippen MR) is 125 cm³/mol. The van der Waals surface area contributed by atoms with Crippen LogP contribution in [0.25, 0.3) is 0 Å². The number of ether oxygens (including phenoxy) is 1. The lowest BCUT2D eigenvalue weighted by molar-refractivity contribution is 0.0268. The van der Waals surface area contributed by atoms with E-state index in [0.29, 0.717) is 13.1 Å². The molecule has 0 aliphatic rings. The van der Waals surface area contributed by atoms with E-state index in [1.165, 1.54) is 11.1 Å². The van der Waals surface area contributed by atoms with Gasteiger partial charge in [0.25, 0.3) is 0 Å². The smallest absolute Gasteiger partial charge is 0.191 e. The summed E-state index contributed by atoms with van der Waals surface area (Å²) in [5, 5.41) is 6.70. The van der Waals surface area contributed by atoms with Crippen molar-refractivity contribution in [3.05, 3.63) is 59.5 Å². The molecule has 2 N–H and O–H groups in total. The molecule has 0 aliphatic heterocycles. The molecule has 1 aromatic carbocycles. The molecule has 0 spiro atoms. The Hall–Kier alpha value is -1.58. The maximum absolute atomic E-state index is 5.44. The molecule has 0 bridgehead atoms. The third-order valence-electron chi connectivity index (χ3n) is 4.47. The van der Waals surface area contributed by atoms with Crippen LogP contribution in [-0.2, 0) is 24.4 Å². The van der Waals surface area contributed by atoms with Gasteiger partial charge in [-0.1, -0.05) is 24.3 Å². The molecule has 2 aromatic rings. The van der Waals surface area contributed by atoms with Crippen molar-refractivity contribution in [3.63, 3.8) is 0 Å². The molecule has 6 nitrogen and oxygen atoms in total. The average molecular weight is 500 g/mol. The van der Waals surface area contributed by atoms with Gasteiger partial charge in [-0.05, 0) is 44.2 Å². The average Bonchev–Trinajstić information content (AvgIpc) is 3.16. The lowest BCUT2D eigenvalue weighted by Gasteiger charge is -2.24. The molecule has 0 radical (unpaired) electrons. The summed E-state index contributed by atoms with van der Waals surface area (Å²) >= 11 is 0. The van der Waals surface area contributed by atoms with Crippen LogP contribution in [-0.4, -0.2) is 44.2 Å². The van der Waals surface area contributed by atoms with Gasteiger partial charge in [0.15, 0.2) is 5.96 Å². The minimum absolute atomic E-state index is 0. The number of hydrogen-bond acceptors (Lipinski definition) is 4. The van der Waals surface area contributed by atoms with Crippen LogP contribution < -0.4 is 10.6 Å². The first-order chi connectivity index (χ1) is 12.9. The lowest BCUT2D eigenvalue weighted by atomic mass is 10.1. The maximum Gasteiger partial charge on any atom is 0.191 e. The summed E-state index contributed by atoms with van der Waals surface area (Å²) in [6.45, 7) is 7.09. The van der Waals surface area contributed by atoms with Crippen molar-refractivity contribution >= 4 is 29.9 Å². The first-order valence-corrected chi connectivity index (χ1v) is 9.21. The summed E-state index contributed by atoms with van der Waals surface area (Å²) in [7, 11) is 5.59. The molecular weight excluding hydrogens is 467 g/mol. The highest BCUT2D eigenvalue weighted by Gasteiger charge is 2.16. The van der Waals surface area contributed by atoms with Gasteiger partial charge in [-0.25, -0.2) is 0 Å². The maximum atomic E-state index is 5.44. The van der Waals surface area contributed by atoms with Gasteiger partial charge in [-0.2, -0.15) is 0 Å². The zero-order valence-electron chi connectivity index (χ0n) is 17.5. The van der Waals surface area contributed by atoms with E-state index in [1.54, 1.807) is 20.4 Å². The summed E-state index contributed by atoms with van der Waals surface area (Å²) in [5.74, 6) is 1.73. The fraction of sp³-hybridized carbons (Fsp3) is 0.476. The van der Waals surface area contributed by atoms with E-state index >= 15 is 0 Å². The van der Waals surface area contributed by atoms with E-state index in [0.717, 1.165) is 24.8 Å². The Balaban J connectivity index is 0.00000392. The van der Waals surface area contributed by atoms with Crippen LogP contribution in [0.5, 0.6) is 0 Å². The Labute approximate surface area is 185 Å². The zero-order valence-corrected chi connectivity index (χ0v) is 19.8. The van der Waals surface area contributed by atoms with Crippen molar-refractivity contribution in [1.82, 2.24) is 15.5 Å². The molecule has 0 saturated heterocycles. The fourth-order valence-electron chi connectivity index (χ4n) is 2.67. The van der Waals surface area contributed by atoms with Gasteiger partial charge in [0.1, 0.15) is 5.76 Å². The largest absolute Gasteiger partial charge is 0.468 e. The normalized spacial score (nSPS) is 12.0.